The van der Waals surface area contributed by atoms with Crippen LogP contribution in [0.15, 0.2) is 60.8 Å². The third kappa shape index (κ3) is 3.19. The van der Waals surface area contributed by atoms with E-state index in [0.717, 1.165) is 31.2 Å². The Morgan fingerprint density at radius 3 is 2.52 bits per heavy atom. The lowest BCUT2D eigenvalue weighted by Gasteiger charge is -2.04. The number of amides is 1. The van der Waals surface area contributed by atoms with E-state index in [-0.39, 0.29) is 5.91 Å². The molecule has 0 saturated carbocycles. The number of thiazole rings is 1. The number of fused-ring (bicyclic) bond motifs is 1. The molecule has 4 rings (SSSR count). The molecule has 0 aliphatic rings. The fourth-order valence-corrected chi connectivity index (χ4v) is 3.99. The summed E-state index contributed by atoms with van der Waals surface area (Å²) < 4.78 is 3.12. The summed E-state index contributed by atoms with van der Waals surface area (Å²) in [5.41, 5.74) is 3.68. The molecule has 2 aromatic carbocycles. The standard InChI is InChI=1S/C19H14IN3OS/c1-12-17(18(24)21-15-9-7-14(20)8-10-15)25-19-22-16(11-23(12)19)13-5-3-2-4-6-13/h2-11H,1H3,(H,21,24). The molecular weight excluding hydrogens is 445 g/mol. The molecule has 25 heavy (non-hydrogen) atoms. The van der Waals surface area contributed by atoms with E-state index in [2.05, 4.69) is 32.9 Å². The Morgan fingerprint density at radius 2 is 1.84 bits per heavy atom. The van der Waals surface area contributed by atoms with Crippen LogP contribution in [0.2, 0.25) is 0 Å². The number of nitrogens with one attached hydrogen (secondary N) is 1. The molecule has 0 radical (unpaired) electrons. The van der Waals surface area contributed by atoms with E-state index in [0.29, 0.717) is 4.88 Å². The van der Waals surface area contributed by atoms with Crippen molar-refractivity contribution in [2.24, 2.45) is 0 Å². The second-order valence-electron chi connectivity index (χ2n) is 5.62. The Morgan fingerprint density at radius 1 is 1.12 bits per heavy atom. The van der Waals surface area contributed by atoms with Crippen molar-refractivity contribution < 1.29 is 4.79 Å². The Labute approximate surface area is 162 Å². The first-order valence-electron chi connectivity index (χ1n) is 7.72. The molecule has 6 heteroatoms. The molecule has 0 aliphatic carbocycles. The van der Waals surface area contributed by atoms with Gasteiger partial charge in [-0.05, 0) is 53.8 Å². The van der Waals surface area contributed by atoms with Crippen molar-refractivity contribution in [3.63, 3.8) is 0 Å². The molecule has 4 nitrogen and oxygen atoms in total. The van der Waals surface area contributed by atoms with Crippen LogP contribution in [-0.4, -0.2) is 15.3 Å². The molecule has 0 aliphatic heterocycles. The third-order valence-electron chi connectivity index (χ3n) is 3.93. The Kier molecular flexibility index (Phi) is 4.30. The normalized spacial score (nSPS) is 11.0. The van der Waals surface area contributed by atoms with Gasteiger partial charge in [-0.1, -0.05) is 41.7 Å². The minimum Gasteiger partial charge on any atom is -0.321 e. The molecule has 2 aromatic heterocycles. The van der Waals surface area contributed by atoms with Gasteiger partial charge in [-0.25, -0.2) is 4.98 Å². The summed E-state index contributed by atoms with van der Waals surface area (Å²) in [6, 6.07) is 17.8. The predicted octanol–water partition coefficient (Wildman–Crippen LogP) is 5.23. The minimum atomic E-state index is -0.101. The zero-order valence-electron chi connectivity index (χ0n) is 13.4. The first-order chi connectivity index (χ1) is 12.1. The summed E-state index contributed by atoms with van der Waals surface area (Å²) in [5.74, 6) is -0.101. The van der Waals surface area contributed by atoms with Crippen molar-refractivity contribution in [1.82, 2.24) is 9.38 Å². The number of imidazole rings is 1. The molecule has 0 unspecified atom stereocenters. The highest BCUT2D eigenvalue weighted by molar-refractivity contribution is 14.1. The summed E-state index contributed by atoms with van der Waals surface area (Å²) in [4.78, 5) is 18.8. The largest absolute Gasteiger partial charge is 0.321 e. The van der Waals surface area contributed by atoms with Crippen molar-refractivity contribution in [2.45, 2.75) is 6.92 Å². The van der Waals surface area contributed by atoms with Crippen LogP contribution in [0, 0.1) is 10.5 Å². The van der Waals surface area contributed by atoms with E-state index in [1.807, 2.05) is 72.1 Å². The first-order valence-corrected chi connectivity index (χ1v) is 9.62. The average molecular weight is 459 g/mol. The molecule has 4 aromatic rings. The van der Waals surface area contributed by atoms with Crippen LogP contribution in [0.1, 0.15) is 15.4 Å². The molecule has 0 atom stereocenters. The molecule has 124 valence electrons. The van der Waals surface area contributed by atoms with Crippen LogP contribution >= 0.6 is 33.9 Å². The molecule has 0 bridgehead atoms. The van der Waals surface area contributed by atoms with Gasteiger partial charge in [0.05, 0.1) is 5.69 Å². The predicted molar refractivity (Wildman–Crippen MR) is 110 cm³/mol. The zero-order valence-corrected chi connectivity index (χ0v) is 16.3. The van der Waals surface area contributed by atoms with Crippen LogP contribution in [0.4, 0.5) is 5.69 Å². The Bertz CT molecular complexity index is 1050. The van der Waals surface area contributed by atoms with Gasteiger partial charge < -0.3 is 5.32 Å². The quantitative estimate of drug-likeness (QED) is 0.427. The minimum absolute atomic E-state index is 0.101. The van der Waals surface area contributed by atoms with Gasteiger partial charge in [-0.3, -0.25) is 9.20 Å². The number of anilines is 1. The van der Waals surface area contributed by atoms with E-state index < -0.39 is 0 Å². The summed E-state index contributed by atoms with van der Waals surface area (Å²) in [5, 5.41) is 2.95. The summed E-state index contributed by atoms with van der Waals surface area (Å²) in [6.45, 7) is 1.95. The number of hydrogen-bond donors (Lipinski definition) is 1. The number of hydrogen-bond acceptors (Lipinski definition) is 3. The van der Waals surface area contributed by atoms with E-state index in [1.165, 1.54) is 11.3 Å². The zero-order chi connectivity index (χ0) is 17.4. The van der Waals surface area contributed by atoms with Crippen LogP contribution in [-0.2, 0) is 0 Å². The van der Waals surface area contributed by atoms with E-state index in [1.54, 1.807) is 0 Å². The fraction of sp³-hybridized carbons (Fsp3) is 0.0526. The van der Waals surface area contributed by atoms with E-state index in [4.69, 9.17) is 0 Å². The van der Waals surface area contributed by atoms with Gasteiger partial charge in [-0.2, -0.15) is 0 Å². The highest BCUT2D eigenvalue weighted by Gasteiger charge is 2.18. The lowest BCUT2D eigenvalue weighted by molar-refractivity contribution is 0.102. The van der Waals surface area contributed by atoms with Crippen LogP contribution in [0.25, 0.3) is 16.2 Å². The number of nitrogens with zero attached hydrogens (tertiary/aromatic N) is 2. The topological polar surface area (TPSA) is 46.4 Å². The summed E-state index contributed by atoms with van der Waals surface area (Å²) in [6.07, 6.45) is 1.98. The van der Waals surface area contributed by atoms with Crippen molar-refractivity contribution in [1.29, 1.82) is 0 Å². The fourth-order valence-electron chi connectivity index (χ4n) is 2.63. The maximum Gasteiger partial charge on any atom is 0.267 e. The average Bonchev–Trinajstić information content (AvgIpc) is 3.17. The molecule has 1 N–H and O–H groups in total. The number of aryl methyl sites for hydroxylation is 1. The molecule has 0 fully saturated rings. The van der Waals surface area contributed by atoms with Crippen LogP contribution in [0.3, 0.4) is 0 Å². The SMILES string of the molecule is Cc1c(C(=O)Nc2ccc(I)cc2)sc2nc(-c3ccccc3)cn12. The maximum atomic E-state index is 12.6. The van der Waals surface area contributed by atoms with Gasteiger partial charge in [0.25, 0.3) is 5.91 Å². The van der Waals surface area contributed by atoms with E-state index >= 15 is 0 Å². The highest BCUT2D eigenvalue weighted by Crippen LogP contribution is 2.27. The van der Waals surface area contributed by atoms with Crippen molar-refractivity contribution in [3.05, 3.63) is 74.9 Å². The van der Waals surface area contributed by atoms with Gasteiger partial charge >= 0.3 is 0 Å². The van der Waals surface area contributed by atoms with Gasteiger partial charge in [0.15, 0.2) is 4.96 Å². The van der Waals surface area contributed by atoms with Gasteiger partial charge in [0.2, 0.25) is 0 Å². The second-order valence-corrected chi connectivity index (χ2v) is 7.85. The highest BCUT2D eigenvalue weighted by atomic mass is 127. The maximum absolute atomic E-state index is 12.6. The van der Waals surface area contributed by atoms with Crippen LogP contribution < -0.4 is 5.32 Å². The number of carbonyl (C=O) groups excluding carboxylic acids is 1. The molecular formula is C19H14IN3OS. The molecule has 1 amide bonds. The second kappa shape index (κ2) is 6.61. The van der Waals surface area contributed by atoms with Crippen molar-refractivity contribution >= 4 is 50.5 Å². The van der Waals surface area contributed by atoms with Gasteiger partial charge in [0, 0.05) is 26.7 Å². The molecule has 0 saturated heterocycles. The summed E-state index contributed by atoms with van der Waals surface area (Å²) >= 11 is 3.65. The molecule has 0 spiro atoms. The number of aromatic nitrogens is 2. The van der Waals surface area contributed by atoms with Crippen molar-refractivity contribution in [3.8, 4) is 11.3 Å². The number of carbonyl (C=O) groups is 1. The lowest BCUT2D eigenvalue weighted by Crippen LogP contribution is -2.11. The number of halogens is 1. The number of benzene rings is 2. The monoisotopic (exact) mass is 459 g/mol. The van der Waals surface area contributed by atoms with Crippen molar-refractivity contribution in [2.75, 3.05) is 5.32 Å². The Hall–Kier alpha value is -2.19. The molecule has 2 heterocycles. The van der Waals surface area contributed by atoms with Gasteiger partial charge in [0.1, 0.15) is 4.88 Å². The van der Waals surface area contributed by atoms with E-state index in [9.17, 15) is 4.79 Å². The summed E-state index contributed by atoms with van der Waals surface area (Å²) in [7, 11) is 0. The smallest absolute Gasteiger partial charge is 0.267 e. The number of rotatable bonds is 3. The Balaban J connectivity index is 1.64. The van der Waals surface area contributed by atoms with Crippen LogP contribution in [0.5, 0.6) is 0 Å². The lowest BCUT2D eigenvalue weighted by atomic mass is 10.2. The first kappa shape index (κ1) is 16.3. The third-order valence-corrected chi connectivity index (χ3v) is 5.81. The van der Waals surface area contributed by atoms with Gasteiger partial charge in [-0.15, -0.1) is 0 Å².